The normalized spacial score (nSPS) is 18.1. The Bertz CT molecular complexity index is 585. The van der Waals surface area contributed by atoms with Crippen molar-refractivity contribution in [3.63, 3.8) is 0 Å². The van der Waals surface area contributed by atoms with Crippen molar-refractivity contribution in [2.45, 2.75) is 32.2 Å². The second kappa shape index (κ2) is 5.95. The van der Waals surface area contributed by atoms with Crippen LogP contribution in [0.4, 0.5) is 5.69 Å². The van der Waals surface area contributed by atoms with Gasteiger partial charge in [0.1, 0.15) is 6.04 Å². The van der Waals surface area contributed by atoms with Gasteiger partial charge in [0.15, 0.2) is 0 Å². The third-order valence-electron chi connectivity index (χ3n) is 3.74. The third kappa shape index (κ3) is 3.04. The number of nitrogens with zero attached hydrogens (tertiary/aromatic N) is 1. The van der Waals surface area contributed by atoms with Crippen molar-refractivity contribution in [3.05, 3.63) is 29.8 Å². The molecule has 2 atom stereocenters. The Morgan fingerprint density at radius 1 is 1.38 bits per heavy atom. The monoisotopic (exact) mass is 290 g/mol. The van der Waals surface area contributed by atoms with E-state index < -0.39 is 23.8 Å². The van der Waals surface area contributed by atoms with Gasteiger partial charge in [0.2, 0.25) is 11.8 Å². The quantitative estimate of drug-likeness (QED) is 0.842. The molecule has 112 valence electrons. The molecule has 1 aromatic rings. The SMILES string of the molecule is C[C@H](CCC(N)=O)C(=O)N1c2ccccc2C[C@@H]1C(=O)O. The summed E-state index contributed by atoms with van der Waals surface area (Å²) in [5, 5.41) is 9.34. The molecule has 0 aromatic heterocycles. The van der Waals surface area contributed by atoms with Crippen molar-refractivity contribution in [1.29, 1.82) is 0 Å². The van der Waals surface area contributed by atoms with E-state index in [1.165, 1.54) is 4.90 Å². The number of benzene rings is 1. The van der Waals surface area contributed by atoms with Gasteiger partial charge in [0.05, 0.1) is 0 Å². The van der Waals surface area contributed by atoms with Gasteiger partial charge in [-0.25, -0.2) is 4.79 Å². The van der Waals surface area contributed by atoms with E-state index in [4.69, 9.17) is 5.73 Å². The smallest absolute Gasteiger partial charge is 0.327 e. The van der Waals surface area contributed by atoms with Crippen LogP contribution < -0.4 is 10.6 Å². The number of fused-ring (bicyclic) bond motifs is 1. The molecule has 0 unspecified atom stereocenters. The fourth-order valence-electron chi connectivity index (χ4n) is 2.58. The van der Waals surface area contributed by atoms with Crippen LogP contribution in [0.15, 0.2) is 24.3 Å². The number of aliphatic carboxylic acids is 1. The van der Waals surface area contributed by atoms with Crippen LogP contribution in [0.5, 0.6) is 0 Å². The van der Waals surface area contributed by atoms with Gasteiger partial charge < -0.3 is 10.8 Å². The minimum Gasteiger partial charge on any atom is -0.480 e. The van der Waals surface area contributed by atoms with Gasteiger partial charge in [-0.3, -0.25) is 14.5 Å². The minimum absolute atomic E-state index is 0.111. The van der Waals surface area contributed by atoms with Crippen LogP contribution in [0, 0.1) is 5.92 Å². The molecule has 1 heterocycles. The van der Waals surface area contributed by atoms with E-state index in [0.29, 0.717) is 18.5 Å². The van der Waals surface area contributed by atoms with Gasteiger partial charge in [-0.05, 0) is 18.1 Å². The highest BCUT2D eigenvalue weighted by atomic mass is 16.4. The van der Waals surface area contributed by atoms with Crippen LogP contribution in [0.1, 0.15) is 25.3 Å². The number of primary amides is 1. The Hall–Kier alpha value is -2.37. The predicted molar refractivity (Wildman–Crippen MR) is 76.6 cm³/mol. The van der Waals surface area contributed by atoms with Crippen molar-refractivity contribution < 1.29 is 19.5 Å². The zero-order valence-electron chi connectivity index (χ0n) is 11.8. The number of carbonyl (C=O) groups is 3. The molecule has 1 aliphatic heterocycles. The molecule has 1 aromatic carbocycles. The molecule has 0 saturated heterocycles. The first kappa shape index (κ1) is 15.0. The van der Waals surface area contributed by atoms with Gasteiger partial charge in [0.25, 0.3) is 0 Å². The van der Waals surface area contributed by atoms with Crippen LogP contribution in [0.3, 0.4) is 0 Å². The standard InChI is InChI=1S/C15H18N2O4/c1-9(6-7-13(16)18)14(19)17-11-5-3-2-4-10(11)8-12(17)15(20)21/h2-5,9,12H,6-8H2,1H3,(H2,16,18)(H,20,21)/t9-,12-/m1/s1. The molecule has 6 nitrogen and oxygen atoms in total. The molecular weight excluding hydrogens is 272 g/mol. The summed E-state index contributed by atoms with van der Waals surface area (Å²) in [6.07, 6.45) is 0.735. The molecule has 0 radical (unpaired) electrons. The van der Waals surface area contributed by atoms with Gasteiger partial charge in [-0.2, -0.15) is 0 Å². The number of rotatable bonds is 5. The van der Waals surface area contributed by atoms with Crippen LogP contribution in [0.25, 0.3) is 0 Å². The molecule has 0 bridgehead atoms. The minimum atomic E-state index is -1.03. The summed E-state index contributed by atoms with van der Waals surface area (Å²) in [5.74, 6) is -2.23. The summed E-state index contributed by atoms with van der Waals surface area (Å²) >= 11 is 0. The Morgan fingerprint density at radius 3 is 2.67 bits per heavy atom. The maximum Gasteiger partial charge on any atom is 0.327 e. The number of carboxylic acids is 1. The first-order valence-electron chi connectivity index (χ1n) is 6.84. The van der Waals surface area contributed by atoms with Gasteiger partial charge in [-0.15, -0.1) is 0 Å². The lowest BCUT2D eigenvalue weighted by Gasteiger charge is -2.25. The molecule has 6 heteroatoms. The first-order valence-corrected chi connectivity index (χ1v) is 6.84. The molecule has 0 saturated carbocycles. The number of hydrogen-bond donors (Lipinski definition) is 2. The Morgan fingerprint density at radius 2 is 2.05 bits per heavy atom. The number of hydrogen-bond acceptors (Lipinski definition) is 3. The van der Waals surface area contributed by atoms with Crippen molar-refractivity contribution in [1.82, 2.24) is 0 Å². The van der Waals surface area contributed by atoms with Gasteiger partial charge in [-0.1, -0.05) is 25.1 Å². The summed E-state index contributed by atoms with van der Waals surface area (Å²) in [4.78, 5) is 36.1. The summed E-state index contributed by atoms with van der Waals surface area (Å²) < 4.78 is 0. The summed E-state index contributed by atoms with van der Waals surface area (Å²) in [5.41, 5.74) is 6.58. The highest BCUT2D eigenvalue weighted by Gasteiger charge is 2.39. The van der Waals surface area contributed by atoms with Crippen LogP contribution >= 0.6 is 0 Å². The second-order valence-corrected chi connectivity index (χ2v) is 5.30. The second-order valence-electron chi connectivity index (χ2n) is 5.30. The molecule has 2 amide bonds. The van der Waals surface area contributed by atoms with Crippen molar-refractivity contribution in [3.8, 4) is 0 Å². The Kier molecular flexibility index (Phi) is 4.26. The average molecular weight is 290 g/mol. The summed E-state index contributed by atoms with van der Waals surface area (Å²) in [7, 11) is 0. The van der Waals surface area contributed by atoms with Crippen LogP contribution in [0.2, 0.25) is 0 Å². The summed E-state index contributed by atoms with van der Waals surface area (Å²) in [6, 6.07) is 6.29. The molecule has 0 fully saturated rings. The lowest BCUT2D eigenvalue weighted by Crippen LogP contribution is -2.45. The van der Waals surface area contributed by atoms with E-state index in [-0.39, 0.29) is 12.3 Å². The molecule has 0 spiro atoms. The highest BCUT2D eigenvalue weighted by molar-refractivity contribution is 6.02. The topological polar surface area (TPSA) is 101 Å². The molecule has 2 rings (SSSR count). The van der Waals surface area contributed by atoms with Gasteiger partial charge in [0, 0.05) is 24.4 Å². The molecule has 21 heavy (non-hydrogen) atoms. The number of anilines is 1. The largest absolute Gasteiger partial charge is 0.480 e. The van der Waals surface area contributed by atoms with Crippen molar-refractivity contribution >= 4 is 23.5 Å². The maximum absolute atomic E-state index is 12.5. The molecule has 1 aliphatic rings. The fourth-order valence-corrected chi connectivity index (χ4v) is 2.58. The fraction of sp³-hybridized carbons (Fsp3) is 0.400. The maximum atomic E-state index is 12.5. The van der Waals surface area contributed by atoms with E-state index >= 15 is 0 Å². The molecule has 0 aliphatic carbocycles. The van der Waals surface area contributed by atoms with Crippen molar-refractivity contribution in [2.24, 2.45) is 11.7 Å². The van der Waals surface area contributed by atoms with E-state index in [2.05, 4.69) is 0 Å². The highest BCUT2D eigenvalue weighted by Crippen LogP contribution is 2.33. The lowest BCUT2D eigenvalue weighted by atomic mass is 10.0. The van der Waals surface area contributed by atoms with E-state index in [1.807, 2.05) is 12.1 Å². The zero-order chi connectivity index (χ0) is 15.6. The van der Waals surface area contributed by atoms with E-state index in [1.54, 1.807) is 19.1 Å². The zero-order valence-corrected chi connectivity index (χ0v) is 11.8. The molecule has 3 N–H and O–H groups in total. The summed E-state index contributed by atoms with van der Waals surface area (Å²) in [6.45, 7) is 1.69. The van der Waals surface area contributed by atoms with E-state index in [0.717, 1.165) is 5.56 Å². The van der Waals surface area contributed by atoms with Crippen molar-refractivity contribution in [2.75, 3.05) is 4.90 Å². The predicted octanol–water partition coefficient (Wildman–Crippen LogP) is 0.930. The number of nitrogens with two attached hydrogens (primary N) is 1. The number of amides is 2. The Labute approximate surface area is 122 Å². The number of para-hydroxylation sites is 1. The number of carbonyl (C=O) groups excluding carboxylic acids is 2. The van der Waals surface area contributed by atoms with Crippen LogP contribution in [-0.2, 0) is 20.8 Å². The van der Waals surface area contributed by atoms with Crippen LogP contribution in [-0.4, -0.2) is 28.9 Å². The third-order valence-corrected chi connectivity index (χ3v) is 3.74. The average Bonchev–Trinajstić information content (AvgIpc) is 2.83. The Balaban J connectivity index is 2.24. The van der Waals surface area contributed by atoms with Gasteiger partial charge >= 0.3 is 5.97 Å². The first-order chi connectivity index (χ1) is 9.91. The number of carboxylic acid groups (broad SMARTS) is 1. The molecular formula is C15H18N2O4. The lowest BCUT2D eigenvalue weighted by molar-refractivity contribution is -0.140. The van der Waals surface area contributed by atoms with E-state index in [9.17, 15) is 19.5 Å².